The van der Waals surface area contributed by atoms with E-state index in [0.717, 1.165) is 22.4 Å². The summed E-state index contributed by atoms with van der Waals surface area (Å²) in [6.07, 6.45) is 0.655. The number of nitriles is 1. The molecule has 0 fully saturated rings. The first-order valence-electron chi connectivity index (χ1n) is 5.21. The average molecular weight is 303 g/mol. The Morgan fingerprint density at radius 3 is 2.81 bits per heavy atom. The number of nitrogens with zero attached hydrogens (tertiary/aromatic N) is 2. The van der Waals surface area contributed by atoms with Crippen molar-refractivity contribution in [1.29, 1.82) is 5.26 Å². The number of aliphatic hydroxyl groups excluding tert-OH is 1. The number of halogens is 1. The van der Waals surface area contributed by atoms with Crippen molar-refractivity contribution < 1.29 is 5.11 Å². The Balaban J connectivity index is 2.88. The van der Waals surface area contributed by atoms with E-state index in [0.29, 0.717) is 11.4 Å². The second-order valence-electron chi connectivity index (χ2n) is 3.67. The zero-order valence-corrected chi connectivity index (χ0v) is 11.8. The van der Waals surface area contributed by atoms with Gasteiger partial charge in [0.2, 0.25) is 0 Å². The number of hydrogen-bond donors (Lipinski definition) is 1. The van der Waals surface area contributed by atoms with Crippen molar-refractivity contribution in [3.05, 3.63) is 15.4 Å². The van der Waals surface area contributed by atoms with Crippen LogP contribution in [0.25, 0.3) is 0 Å². The van der Waals surface area contributed by atoms with Crippen LogP contribution in [-0.2, 0) is 0 Å². The lowest BCUT2D eigenvalue weighted by molar-refractivity contribution is 0.200. The summed E-state index contributed by atoms with van der Waals surface area (Å²) < 4.78 is 0.835. The fourth-order valence-electron chi connectivity index (χ4n) is 1.47. The second kappa shape index (κ2) is 6.24. The van der Waals surface area contributed by atoms with Crippen molar-refractivity contribution in [3.63, 3.8) is 0 Å². The van der Waals surface area contributed by atoms with E-state index in [4.69, 9.17) is 5.26 Å². The molecule has 0 bridgehead atoms. The lowest BCUT2D eigenvalue weighted by Gasteiger charge is -2.23. The highest BCUT2D eigenvalue weighted by Gasteiger charge is 2.13. The molecule has 16 heavy (non-hydrogen) atoms. The molecule has 0 saturated carbocycles. The number of thiophene rings is 1. The molecular formula is C11H15BrN2OS. The Kier molecular flexibility index (Phi) is 5.26. The van der Waals surface area contributed by atoms with E-state index in [1.54, 1.807) is 6.92 Å². The van der Waals surface area contributed by atoms with Crippen molar-refractivity contribution in [2.24, 2.45) is 0 Å². The van der Waals surface area contributed by atoms with Gasteiger partial charge in [0.15, 0.2) is 0 Å². The molecule has 5 heteroatoms. The third-order valence-corrected chi connectivity index (χ3v) is 4.05. The van der Waals surface area contributed by atoms with E-state index in [-0.39, 0.29) is 6.10 Å². The molecule has 1 aromatic rings. The smallest absolute Gasteiger partial charge is 0.121 e. The molecular weight excluding hydrogens is 288 g/mol. The molecule has 0 aliphatic rings. The van der Waals surface area contributed by atoms with Gasteiger partial charge in [-0.25, -0.2) is 0 Å². The molecule has 88 valence electrons. The molecule has 0 radical (unpaired) electrons. The molecule has 0 aromatic carbocycles. The molecule has 1 rings (SSSR count). The Hall–Kier alpha value is -0.570. The number of aliphatic hydroxyl groups is 1. The van der Waals surface area contributed by atoms with Crippen LogP contribution < -0.4 is 4.90 Å². The van der Waals surface area contributed by atoms with E-state index in [1.165, 1.54) is 11.3 Å². The van der Waals surface area contributed by atoms with Crippen LogP contribution in [0.4, 0.5) is 5.00 Å². The standard InChI is InChI=1S/C11H15BrN2OS/c1-3-4-14(7-8(2)15)11-5-9(12)10(6-13)16-11/h5,8,15H,3-4,7H2,1-2H3. The Bertz CT molecular complexity index is 384. The summed E-state index contributed by atoms with van der Waals surface area (Å²) in [4.78, 5) is 2.79. The van der Waals surface area contributed by atoms with Gasteiger partial charge in [-0.3, -0.25) is 0 Å². The van der Waals surface area contributed by atoms with Crippen molar-refractivity contribution in [2.45, 2.75) is 26.4 Å². The monoisotopic (exact) mass is 302 g/mol. The van der Waals surface area contributed by atoms with Crippen LogP contribution in [0.2, 0.25) is 0 Å². The molecule has 3 nitrogen and oxygen atoms in total. The summed E-state index contributed by atoms with van der Waals surface area (Å²) in [5, 5.41) is 19.4. The average Bonchev–Trinajstić information content (AvgIpc) is 2.58. The first-order valence-corrected chi connectivity index (χ1v) is 6.81. The maximum Gasteiger partial charge on any atom is 0.121 e. The molecule has 0 aliphatic heterocycles. The fraction of sp³-hybridized carbons (Fsp3) is 0.545. The van der Waals surface area contributed by atoms with Crippen LogP contribution in [0.3, 0.4) is 0 Å². The zero-order chi connectivity index (χ0) is 12.1. The second-order valence-corrected chi connectivity index (χ2v) is 5.55. The van der Waals surface area contributed by atoms with Gasteiger partial charge in [-0.2, -0.15) is 5.26 Å². The van der Waals surface area contributed by atoms with Crippen LogP contribution in [-0.4, -0.2) is 24.3 Å². The summed E-state index contributed by atoms with van der Waals surface area (Å²) >= 11 is 4.82. The fourth-order valence-corrected chi connectivity index (χ4v) is 3.05. The van der Waals surface area contributed by atoms with Crippen molar-refractivity contribution >= 4 is 32.3 Å². The summed E-state index contributed by atoms with van der Waals surface area (Å²) in [5.74, 6) is 0. The van der Waals surface area contributed by atoms with Gasteiger partial charge >= 0.3 is 0 Å². The molecule has 0 spiro atoms. The Morgan fingerprint density at radius 2 is 2.38 bits per heavy atom. The van der Waals surface area contributed by atoms with Crippen LogP contribution in [0.5, 0.6) is 0 Å². The van der Waals surface area contributed by atoms with Crippen LogP contribution in [0.1, 0.15) is 25.1 Å². The van der Waals surface area contributed by atoms with Gasteiger partial charge in [0.1, 0.15) is 10.9 Å². The van der Waals surface area contributed by atoms with Gasteiger partial charge in [0.05, 0.1) is 11.1 Å². The molecule has 1 atom stereocenters. The highest BCUT2D eigenvalue weighted by molar-refractivity contribution is 9.10. The third-order valence-electron chi connectivity index (χ3n) is 2.07. The predicted molar refractivity (Wildman–Crippen MR) is 70.9 cm³/mol. The SMILES string of the molecule is CCCN(CC(C)O)c1cc(Br)c(C#N)s1. The Morgan fingerprint density at radius 1 is 1.69 bits per heavy atom. The van der Waals surface area contributed by atoms with Gasteiger partial charge < -0.3 is 10.0 Å². The molecule has 1 N–H and O–H groups in total. The highest BCUT2D eigenvalue weighted by atomic mass is 79.9. The lowest BCUT2D eigenvalue weighted by atomic mass is 10.3. The van der Waals surface area contributed by atoms with E-state index in [2.05, 4.69) is 33.8 Å². The largest absolute Gasteiger partial charge is 0.392 e. The molecule has 0 saturated heterocycles. The predicted octanol–water partition coefficient (Wildman–Crippen LogP) is 2.98. The maximum atomic E-state index is 9.43. The highest BCUT2D eigenvalue weighted by Crippen LogP contribution is 2.33. The zero-order valence-electron chi connectivity index (χ0n) is 9.40. The van der Waals surface area contributed by atoms with Crippen LogP contribution in [0, 0.1) is 11.3 Å². The van der Waals surface area contributed by atoms with E-state index < -0.39 is 0 Å². The normalized spacial score (nSPS) is 12.2. The van der Waals surface area contributed by atoms with Crippen molar-refractivity contribution in [1.82, 2.24) is 0 Å². The topological polar surface area (TPSA) is 47.3 Å². The van der Waals surface area contributed by atoms with Gasteiger partial charge in [-0.05, 0) is 35.3 Å². The minimum atomic E-state index is -0.363. The van der Waals surface area contributed by atoms with E-state index in [9.17, 15) is 5.11 Å². The van der Waals surface area contributed by atoms with Gasteiger partial charge in [-0.1, -0.05) is 6.92 Å². The molecule has 0 aliphatic carbocycles. The third kappa shape index (κ3) is 3.48. The Labute approximate surface area is 108 Å². The molecule has 0 amide bonds. The molecule has 1 unspecified atom stereocenters. The van der Waals surface area contributed by atoms with Crippen molar-refractivity contribution in [2.75, 3.05) is 18.0 Å². The lowest BCUT2D eigenvalue weighted by Crippen LogP contribution is -2.30. The number of hydrogen-bond acceptors (Lipinski definition) is 4. The van der Waals surface area contributed by atoms with Gasteiger partial charge in [-0.15, -0.1) is 11.3 Å². The summed E-state index contributed by atoms with van der Waals surface area (Å²) in [6.45, 7) is 5.37. The van der Waals surface area contributed by atoms with E-state index >= 15 is 0 Å². The summed E-state index contributed by atoms with van der Waals surface area (Å²) in [6, 6.07) is 4.09. The molecule has 1 aromatic heterocycles. The van der Waals surface area contributed by atoms with Gasteiger partial charge in [0.25, 0.3) is 0 Å². The first kappa shape index (κ1) is 13.5. The summed E-state index contributed by atoms with van der Waals surface area (Å²) in [7, 11) is 0. The minimum Gasteiger partial charge on any atom is -0.392 e. The van der Waals surface area contributed by atoms with Crippen molar-refractivity contribution in [3.8, 4) is 6.07 Å². The first-order chi connectivity index (χ1) is 7.58. The summed E-state index contributed by atoms with van der Waals surface area (Å²) in [5.41, 5.74) is 0. The quantitative estimate of drug-likeness (QED) is 0.909. The number of anilines is 1. The molecule has 1 heterocycles. The minimum absolute atomic E-state index is 0.363. The van der Waals surface area contributed by atoms with Crippen LogP contribution >= 0.6 is 27.3 Å². The van der Waals surface area contributed by atoms with Gasteiger partial charge in [0, 0.05) is 17.6 Å². The van der Waals surface area contributed by atoms with E-state index in [1.807, 2.05) is 6.07 Å². The maximum absolute atomic E-state index is 9.43. The number of rotatable bonds is 5. The van der Waals surface area contributed by atoms with Crippen LogP contribution in [0.15, 0.2) is 10.5 Å².